The summed E-state index contributed by atoms with van der Waals surface area (Å²) in [6.45, 7) is 3.33. The van der Waals surface area contributed by atoms with E-state index in [2.05, 4.69) is 22.0 Å². The summed E-state index contributed by atoms with van der Waals surface area (Å²) in [5.41, 5.74) is 1.37. The molecule has 156 valence electrons. The molecule has 1 amide bonds. The van der Waals surface area contributed by atoms with Gasteiger partial charge in [-0.25, -0.2) is 9.67 Å². The van der Waals surface area contributed by atoms with Crippen LogP contribution in [0.4, 0.5) is 0 Å². The van der Waals surface area contributed by atoms with E-state index in [-0.39, 0.29) is 18.9 Å². The van der Waals surface area contributed by atoms with Crippen LogP contribution in [0.25, 0.3) is 11.4 Å². The Balaban J connectivity index is 1.73. The number of benzene rings is 2. The fraction of sp³-hybridized carbons (Fsp3) is 0.150. The number of hydrogen-bond donors (Lipinski definition) is 2. The second kappa shape index (κ2) is 9.95. The number of aliphatic hydroxyl groups excluding tert-OH is 1. The number of aliphatic hydroxyl groups is 1. The van der Waals surface area contributed by atoms with Gasteiger partial charge in [-0.1, -0.05) is 41.4 Å². The fourth-order valence-corrected chi connectivity index (χ4v) is 3.42. The topological polar surface area (TPSA) is 89.3 Å². The molecule has 0 saturated heterocycles. The Morgan fingerprint density at radius 3 is 2.60 bits per heavy atom. The first-order chi connectivity index (χ1) is 14.4. The zero-order valence-electron chi connectivity index (χ0n) is 15.6. The van der Waals surface area contributed by atoms with Crippen LogP contribution < -0.4 is 10.1 Å². The predicted octanol–water partition coefficient (Wildman–Crippen LogP) is 4.24. The maximum atomic E-state index is 12.4. The standard InChI is InChI=1S/C20H17Cl3N4O3/c1-2-30-17-7-13(3-4-16(17)23)20-25-18(27(11-28)26-20)9-19(29)24-10-12-5-14(21)8-15(22)6-12/h2-8,28H,1,9-11H2,(H,24,29). The van der Waals surface area contributed by atoms with Gasteiger partial charge in [0.2, 0.25) is 5.91 Å². The molecule has 2 N–H and O–H groups in total. The lowest BCUT2D eigenvalue weighted by Crippen LogP contribution is -2.26. The molecule has 0 saturated carbocycles. The van der Waals surface area contributed by atoms with Crippen LogP contribution in [0.3, 0.4) is 0 Å². The number of nitrogens with zero attached hydrogens (tertiary/aromatic N) is 3. The maximum Gasteiger partial charge on any atom is 0.227 e. The first-order valence-electron chi connectivity index (χ1n) is 8.73. The fourth-order valence-electron chi connectivity index (χ4n) is 2.68. The molecule has 0 aliphatic carbocycles. The van der Waals surface area contributed by atoms with Crippen LogP contribution in [-0.4, -0.2) is 25.8 Å². The smallest absolute Gasteiger partial charge is 0.227 e. The number of ether oxygens (including phenoxy) is 1. The Labute approximate surface area is 187 Å². The second-order valence-corrected chi connectivity index (χ2v) is 7.43. The van der Waals surface area contributed by atoms with Gasteiger partial charge in [-0.05, 0) is 42.0 Å². The first-order valence-corrected chi connectivity index (χ1v) is 9.86. The molecule has 0 atom stereocenters. The van der Waals surface area contributed by atoms with E-state index in [1.54, 1.807) is 36.4 Å². The molecule has 0 aliphatic rings. The van der Waals surface area contributed by atoms with Crippen molar-refractivity contribution in [3.63, 3.8) is 0 Å². The lowest BCUT2D eigenvalue weighted by atomic mass is 10.2. The molecule has 0 bridgehead atoms. The van der Waals surface area contributed by atoms with Gasteiger partial charge in [0.05, 0.1) is 17.7 Å². The summed E-state index contributed by atoms with van der Waals surface area (Å²) in [6, 6.07) is 10.0. The van der Waals surface area contributed by atoms with Crippen LogP contribution in [-0.2, 0) is 24.5 Å². The van der Waals surface area contributed by atoms with Gasteiger partial charge < -0.3 is 15.2 Å². The van der Waals surface area contributed by atoms with Crippen molar-refractivity contribution in [2.24, 2.45) is 0 Å². The Bertz CT molecular complexity index is 1060. The molecule has 0 fully saturated rings. The Kier molecular flexibility index (Phi) is 7.33. The highest BCUT2D eigenvalue weighted by Gasteiger charge is 2.16. The first kappa shape index (κ1) is 22.1. The van der Waals surface area contributed by atoms with Crippen molar-refractivity contribution in [3.8, 4) is 17.1 Å². The summed E-state index contributed by atoms with van der Waals surface area (Å²) < 4.78 is 6.50. The van der Waals surface area contributed by atoms with Crippen LogP contribution in [0, 0.1) is 0 Å². The Morgan fingerprint density at radius 1 is 1.20 bits per heavy atom. The third-order valence-corrected chi connectivity index (χ3v) is 4.76. The van der Waals surface area contributed by atoms with E-state index in [1.807, 2.05) is 0 Å². The van der Waals surface area contributed by atoms with Crippen LogP contribution in [0.1, 0.15) is 11.4 Å². The molecule has 30 heavy (non-hydrogen) atoms. The average Bonchev–Trinajstić information content (AvgIpc) is 3.10. The summed E-state index contributed by atoms with van der Waals surface area (Å²) in [5, 5.41) is 18.0. The van der Waals surface area contributed by atoms with E-state index < -0.39 is 6.73 Å². The summed E-state index contributed by atoms with van der Waals surface area (Å²) in [7, 11) is 0. The normalized spacial score (nSPS) is 10.7. The van der Waals surface area contributed by atoms with Gasteiger partial charge in [-0.3, -0.25) is 4.79 Å². The number of aromatic nitrogens is 3. The number of carbonyl (C=O) groups is 1. The molecule has 1 aromatic heterocycles. The van der Waals surface area contributed by atoms with E-state index in [0.717, 1.165) is 5.56 Å². The molecule has 2 aromatic carbocycles. The molecule has 3 aromatic rings. The van der Waals surface area contributed by atoms with Crippen molar-refractivity contribution in [2.75, 3.05) is 0 Å². The Hall–Kier alpha value is -2.58. The summed E-state index contributed by atoms with van der Waals surface area (Å²) in [5.74, 6) is 0.713. The molecule has 0 radical (unpaired) electrons. The van der Waals surface area contributed by atoms with E-state index in [0.29, 0.717) is 38.0 Å². The van der Waals surface area contributed by atoms with Crippen molar-refractivity contribution >= 4 is 40.7 Å². The largest absolute Gasteiger partial charge is 0.464 e. The van der Waals surface area contributed by atoms with Crippen molar-refractivity contribution in [1.82, 2.24) is 20.1 Å². The molecule has 3 rings (SSSR count). The van der Waals surface area contributed by atoms with Crippen LogP contribution in [0.15, 0.2) is 49.2 Å². The number of nitrogens with one attached hydrogen (secondary N) is 1. The molecule has 0 aliphatic heterocycles. The highest BCUT2D eigenvalue weighted by Crippen LogP contribution is 2.29. The molecular formula is C20H17Cl3N4O3. The monoisotopic (exact) mass is 466 g/mol. The minimum absolute atomic E-state index is 0.0779. The number of carbonyl (C=O) groups excluding carboxylic acids is 1. The Morgan fingerprint density at radius 2 is 1.93 bits per heavy atom. The predicted molar refractivity (Wildman–Crippen MR) is 116 cm³/mol. The number of halogens is 3. The van der Waals surface area contributed by atoms with Crippen LogP contribution in [0.5, 0.6) is 5.75 Å². The highest BCUT2D eigenvalue weighted by atomic mass is 35.5. The van der Waals surface area contributed by atoms with Crippen LogP contribution >= 0.6 is 34.8 Å². The third kappa shape index (κ3) is 5.52. The quantitative estimate of drug-likeness (QED) is 0.484. The molecule has 10 heteroatoms. The average molecular weight is 468 g/mol. The number of amides is 1. The molecule has 0 unspecified atom stereocenters. The van der Waals surface area contributed by atoms with Crippen LogP contribution in [0.2, 0.25) is 15.1 Å². The minimum atomic E-state index is -0.427. The number of rotatable bonds is 8. The van der Waals surface area contributed by atoms with E-state index >= 15 is 0 Å². The van der Waals surface area contributed by atoms with Gasteiger partial charge in [0.25, 0.3) is 0 Å². The summed E-state index contributed by atoms with van der Waals surface area (Å²) in [4.78, 5) is 16.7. The van der Waals surface area contributed by atoms with Gasteiger partial charge >= 0.3 is 0 Å². The summed E-state index contributed by atoms with van der Waals surface area (Å²) >= 11 is 18.0. The van der Waals surface area contributed by atoms with Gasteiger partial charge in [0, 0.05) is 22.2 Å². The lowest BCUT2D eigenvalue weighted by Gasteiger charge is -2.06. The molecular weight excluding hydrogens is 451 g/mol. The lowest BCUT2D eigenvalue weighted by molar-refractivity contribution is -0.120. The van der Waals surface area contributed by atoms with Gasteiger partial charge in [0.15, 0.2) is 5.82 Å². The van der Waals surface area contributed by atoms with E-state index in [1.165, 1.54) is 10.9 Å². The third-order valence-electron chi connectivity index (χ3n) is 4.01. The zero-order chi connectivity index (χ0) is 21.7. The molecule has 0 spiro atoms. The van der Waals surface area contributed by atoms with Crippen molar-refractivity contribution in [2.45, 2.75) is 19.7 Å². The van der Waals surface area contributed by atoms with Crippen molar-refractivity contribution in [3.05, 3.63) is 75.7 Å². The van der Waals surface area contributed by atoms with Gasteiger partial charge in [-0.2, -0.15) is 0 Å². The summed E-state index contributed by atoms with van der Waals surface area (Å²) in [6.07, 6.45) is 1.18. The minimum Gasteiger partial charge on any atom is -0.464 e. The van der Waals surface area contributed by atoms with E-state index in [4.69, 9.17) is 39.5 Å². The zero-order valence-corrected chi connectivity index (χ0v) is 17.9. The second-order valence-electron chi connectivity index (χ2n) is 6.15. The van der Waals surface area contributed by atoms with Gasteiger partial charge in [0.1, 0.15) is 18.3 Å². The SMILES string of the molecule is C=COc1cc(-c2nc(CC(=O)NCc3cc(Cl)cc(Cl)c3)n(CO)n2)ccc1Cl. The molecule has 7 nitrogen and oxygen atoms in total. The van der Waals surface area contributed by atoms with Gasteiger partial charge in [-0.15, -0.1) is 5.10 Å². The highest BCUT2D eigenvalue weighted by molar-refractivity contribution is 6.34. The maximum absolute atomic E-state index is 12.4. The number of hydrogen-bond acceptors (Lipinski definition) is 5. The van der Waals surface area contributed by atoms with Crippen molar-refractivity contribution in [1.29, 1.82) is 0 Å². The molecule has 1 heterocycles. The van der Waals surface area contributed by atoms with E-state index in [9.17, 15) is 9.90 Å². The van der Waals surface area contributed by atoms with Crippen molar-refractivity contribution < 1.29 is 14.6 Å².